The highest BCUT2D eigenvalue weighted by atomic mass is 32.2. The number of hydrogen-bond donors (Lipinski definition) is 1. The number of nitrogens with zero attached hydrogens (tertiary/aromatic N) is 2. The van der Waals surface area contributed by atoms with Crippen LogP contribution in [0.5, 0.6) is 11.6 Å². The van der Waals surface area contributed by atoms with E-state index >= 15 is 0 Å². The van der Waals surface area contributed by atoms with Crippen LogP contribution in [0.25, 0.3) is 22.0 Å². The normalized spacial score (nSPS) is 11.3. The highest BCUT2D eigenvalue weighted by Crippen LogP contribution is 2.29. The molecule has 0 saturated carbocycles. The van der Waals surface area contributed by atoms with E-state index in [1.807, 2.05) is 60.7 Å². The van der Waals surface area contributed by atoms with Gasteiger partial charge in [0.1, 0.15) is 5.75 Å². The molecule has 1 aromatic heterocycles. The van der Waals surface area contributed by atoms with E-state index in [9.17, 15) is 8.42 Å². The summed E-state index contributed by atoms with van der Waals surface area (Å²) in [5.41, 5.74) is 1.35. The quantitative estimate of drug-likeness (QED) is 0.347. The summed E-state index contributed by atoms with van der Waals surface area (Å²) >= 11 is 0. The molecular weight excluding hydrogens is 434 g/mol. The van der Waals surface area contributed by atoms with E-state index in [-0.39, 0.29) is 16.7 Å². The van der Waals surface area contributed by atoms with Crippen molar-refractivity contribution in [1.29, 1.82) is 0 Å². The van der Waals surface area contributed by atoms with Crippen LogP contribution in [0.2, 0.25) is 0 Å². The fraction of sp³-hybridized carbons (Fsp3) is 0. The van der Waals surface area contributed by atoms with Crippen molar-refractivity contribution in [2.45, 2.75) is 4.90 Å². The van der Waals surface area contributed by atoms with Crippen LogP contribution in [0.3, 0.4) is 0 Å². The minimum Gasteiger partial charge on any atom is -0.439 e. The smallest absolute Gasteiger partial charge is 0.264 e. The molecule has 0 aliphatic heterocycles. The molecule has 1 N–H and O–H groups in total. The molecule has 0 saturated heterocycles. The Morgan fingerprint density at radius 2 is 1.33 bits per heavy atom. The van der Waals surface area contributed by atoms with Gasteiger partial charge in [-0.05, 0) is 41.1 Å². The van der Waals surface area contributed by atoms with Crippen LogP contribution < -0.4 is 9.46 Å². The minimum atomic E-state index is -3.87. The van der Waals surface area contributed by atoms with E-state index < -0.39 is 10.0 Å². The molecule has 0 aliphatic carbocycles. The molecule has 162 valence electrons. The number of benzene rings is 4. The van der Waals surface area contributed by atoms with E-state index in [0.29, 0.717) is 11.4 Å². The van der Waals surface area contributed by atoms with Gasteiger partial charge in [-0.1, -0.05) is 72.8 Å². The number of anilines is 1. The SMILES string of the molecule is O=S(=O)(Nc1nc(Oc2ccccc2)cc(-c2ccc3ccccc3c2)n1)c1ccccc1. The fourth-order valence-corrected chi connectivity index (χ4v) is 4.37. The monoisotopic (exact) mass is 453 g/mol. The zero-order valence-corrected chi connectivity index (χ0v) is 18.2. The third-order valence-corrected chi connectivity index (χ3v) is 6.34. The zero-order chi connectivity index (χ0) is 22.7. The van der Waals surface area contributed by atoms with Gasteiger partial charge < -0.3 is 4.74 Å². The summed E-state index contributed by atoms with van der Waals surface area (Å²) in [4.78, 5) is 8.91. The Morgan fingerprint density at radius 3 is 2.09 bits per heavy atom. The van der Waals surface area contributed by atoms with Crippen molar-refractivity contribution in [2.24, 2.45) is 0 Å². The summed E-state index contributed by atoms with van der Waals surface area (Å²) in [6.45, 7) is 0. The molecule has 0 spiro atoms. The average Bonchev–Trinajstić information content (AvgIpc) is 2.84. The number of rotatable bonds is 6. The highest BCUT2D eigenvalue weighted by Gasteiger charge is 2.17. The molecule has 0 atom stereocenters. The Balaban J connectivity index is 1.58. The predicted octanol–water partition coefficient (Wildman–Crippen LogP) is 5.89. The number of para-hydroxylation sites is 1. The van der Waals surface area contributed by atoms with Crippen LogP contribution in [0.1, 0.15) is 0 Å². The molecule has 0 fully saturated rings. The summed E-state index contributed by atoms with van der Waals surface area (Å²) < 4.78 is 34.1. The van der Waals surface area contributed by atoms with E-state index in [4.69, 9.17) is 4.74 Å². The molecule has 7 heteroatoms. The summed E-state index contributed by atoms with van der Waals surface area (Å²) in [6, 6.07) is 32.9. The van der Waals surface area contributed by atoms with Crippen molar-refractivity contribution in [3.05, 3.63) is 109 Å². The lowest BCUT2D eigenvalue weighted by atomic mass is 10.1. The molecule has 0 radical (unpaired) electrons. The molecule has 5 aromatic rings. The summed E-state index contributed by atoms with van der Waals surface area (Å²) in [7, 11) is -3.87. The van der Waals surface area contributed by atoms with E-state index in [1.165, 1.54) is 12.1 Å². The fourth-order valence-electron chi connectivity index (χ4n) is 3.41. The predicted molar refractivity (Wildman–Crippen MR) is 129 cm³/mol. The number of ether oxygens (including phenoxy) is 1. The van der Waals surface area contributed by atoms with Gasteiger partial charge >= 0.3 is 0 Å². The molecule has 4 aromatic carbocycles. The summed E-state index contributed by atoms with van der Waals surface area (Å²) in [6.07, 6.45) is 0. The Labute approximate surface area is 191 Å². The Morgan fingerprint density at radius 1 is 0.667 bits per heavy atom. The summed E-state index contributed by atoms with van der Waals surface area (Å²) in [5, 5.41) is 2.15. The van der Waals surface area contributed by atoms with Gasteiger partial charge in [-0.15, -0.1) is 0 Å². The molecule has 0 bridgehead atoms. The maximum absolute atomic E-state index is 12.9. The van der Waals surface area contributed by atoms with Crippen LogP contribution in [-0.4, -0.2) is 18.4 Å². The first kappa shape index (κ1) is 20.7. The van der Waals surface area contributed by atoms with Gasteiger partial charge in [-0.25, -0.2) is 18.1 Å². The van der Waals surface area contributed by atoms with Crippen LogP contribution in [-0.2, 0) is 10.0 Å². The van der Waals surface area contributed by atoms with Gasteiger partial charge in [0.15, 0.2) is 0 Å². The first-order valence-corrected chi connectivity index (χ1v) is 11.7. The molecule has 0 amide bonds. The lowest BCUT2D eigenvalue weighted by Gasteiger charge is -2.12. The third-order valence-electron chi connectivity index (χ3n) is 4.99. The van der Waals surface area contributed by atoms with Crippen molar-refractivity contribution < 1.29 is 13.2 Å². The van der Waals surface area contributed by atoms with E-state index in [0.717, 1.165) is 16.3 Å². The number of nitrogens with one attached hydrogen (secondary N) is 1. The Kier molecular flexibility index (Phi) is 5.46. The third kappa shape index (κ3) is 4.68. The van der Waals surface area contributed by atoms with Gasteiger partial charge in [0, 0.05) is 11.6 Å². The minimum absolute atomic E-state index is 0.0737. The maximum atomic E-state index is 12.9. The molecule has 0 aliphatic rings. The van der Waals surface area contributed by atoms with Gasteiger partial charge in [0.25, 0.3) is 10.0 Å². The number of aromatic nitrogens is 2. The van der Waals surface area contributed by atoms with Gasteiger partial charge in [-0.2, -0.15) is 4.98 Å². The van der Waals surface area contributed by atoms with E-state index in [1.54, 1.807) is 36.4 Å². The van der Waals surface area contributed by atoms with Crippen molar-refractivity contribution in [1.82, 2.24) is 9.97 Å². The first-order chi connectivity index (χ1) is 16.1. The topological polar surface area (TPSA) is 81.2 Å². The van der Waals surface area contributed by atoms with E-state index in [2.05, 4.69) is 14.7 Å². The Hall–Kier alpha value is -4.23. The second-order valence-electron chi connectivity index (χ2n) is 7.31. The average molecular weight is 454 g/mol. The molecule has 0 unspecified atom stereocenters. The van der Waals surface area contributed by atoms with Crippen molar-refractivity contribution in [3.63, 3.8) is 0 Å². The molecule has 6 nitrogen and oxygen atoms in total. The van der Waals surface area contributed by atoms with Crippen LogP contribution in [0.15, 0.2) is 114 Å². The number of fused-ring (bicyclic) bond motifs is 1. The van der Waals surface area contributed by atoms with Crippen LogP contribution in [0.4, 0.5) is 5.95 Å². The van der Waals surface area contributed by atoms with Crippen molar-refractivity contribution in [3.8, 4) is 22.9 Å². The molecule has 1 heterocycles. The standard InChI is InChI=1S/C26H19N3O3S/c30-33(31,23-13-5-2-6-14-23)29-26-27-24(18-25(28-26)32-22-11-3-1-4-12-22)21-16-15-19-9-7-8-10-20(19)17-21/h1-18H,(H,27,28,29). The van der Waals surface area contributed by atoms with Crippen LogP contribution >= 0.6 is 0 Å². The molecule has 33 heavy (non-hydrogen) atoms. The van der Waals surface area contributed by atoms with Crippen molar-refractivity contribution >= 4 is 26.7 Å². The molecule has 5 rings (SSSR count). The van der Waals surface area contributed by atoms with Gasteiger partial charge in [-0.3, -0.25) is 0 Å². The largest absolute Gasteiger partial charge is 0.439 e. The second kappa shape index (κ2) is 8.72. The zero-order valence-electron chi connectivity index (χ0n) is 17.4. The summed E-state index contributed by atoms with van der Waals surface area (Å²) in [5.74, 6) is 0.734. The number of sulfonamides is 1. The van der Waals surface area contributed by atoms with Gasteiger partial charge in [0.2, 0.25) is 11.8 Å². The lowest BCUT2D eigenvalue weighted by Crippen LogP contribution is -2.15. The van der Waals surface area contributed by atoms with Gasteiger partial charge in [0.05, 0.1) is 10.6 Å². The first-order valence-electron chi connectivity index (χ1n) is 10.3. The lowest BCUT2D eigenvalue weighted by molar-refractivity contribution is 0.463. The molecular formula is C26H19N3O3S. The van der Waals surface area contributed by atoms with Crippen LogP contribution in [0, 0.1) is 0 Å². The number of hydrogen-bond acceptors (Lipinski definition) is 5. The Bertz CT molecular complexity index is 1520. The highest BCUT2D eigenvalue weighted by molar-refractivity contribution is 7.92. The maximum Gasteiger partial charge on any atom is 0.264 e. The second-order valence-corrected chi connectivity index (χ2v) is 8.99. The van der Waals surface area contributed by atoms with Crippen molar-refractivity contribution in [2.75, 3.05) is 4.72 Å².